The molecule has 5 nitrogen and oxygen atoms in total. The molecule has 0 saturated carbocycles. The molecule has 1 aliphatic rings. The van der Waals surface area contributed by atoms with E-state index in [0.717, 1.165) is 11.5 Å². The van der Waals surface area contributed by atoms with Crippen molar-refractivity contribution in [2.45, 2.75) is 26.4 Å². The maximum Gasteiger partial charge on any atom is 0.410 e. The van der Waals surface area contributed by atoms with Crippen molar-refractivity contribution in [3.05, 3.63) is 24.3 Å². The summed E-state index contributed by atoms with van der Waals surface area (Å²) in [5.41, 5.74) is -0.448. The number of benzene rings is 1. The lowest BCUT2D eigenvalue weighted by molar-refractivity contribution is -0.00796. The van der Waals surface area contributed by atoms with E-state index in [9.17, 15) is 4.79 Å². The first-order chi connectivity index (χ1) is 9.89. The van der Waals surface area contributed by atoms with Crippen LogP contribution in [0.5, 0.6) is 11.5 Å². The molecule has 1 aliphatic heterocycles. The second kappa shape index (κ2) is 6.24. The number of hydrogen-bond acceptors (Lipinski definition) is 4. The third-order valence-corrected chi connectivity index (χ3v) is 3.15. The predicted octanol–water partition coefficient (Wildman–Crippen LogP) is 2.94. The Bertz CT molecular complexity index is 489. The molecular weight excluding hydrogens is 270 g/mol. The number of carbonyl (C=O) groups excluding carboxylic acids is 1. The Balaban J connectivity index is 1.75. The van der Waals surface area contributed by atoms with Crippen LogP contribution in [-0.4, -0.2) is 43.4 Å². The van der Waals surface area contributed by atoms with Crippen LogP contribution in [0.3, 0.4) is 0 Å². The highest BCUT2D eigenvalue weighted by atomic mass is 16.6. The summed E-state index contributed by atoms with van der Waals surface area (Å²) in [4.78, 5) is 13.5. The topological polar surface area (TPSA) is 48.0 Å². The molecule has 1 saturated heterocycles. The van der Waals surface area contributed by atoms with Gasteiger partial charge in [0, 0.05) is 19.0 Å². The SMILES string of the molecule is COc1ccccc1OCC1CN(C(=O)OC(C)(C)C)C1. The van der Waals surface area contributed by atoms with Crippen molar-refractivity contribution in [3.8, 4) is 11.5 Å². The number of hydrogen-bond donors (Lipinski definition) is 0. The predicted molar refractivity (Wildman–Crippen MR) is 79.8 cm³/mol. The summed E-state index contributed by atoms with van der Waals surface area (Å²) in [6, 6.07) is 7.55. The molecule has 1 heterocycles. The molecule has 116 valence electrons. The van der Waals surface area contributed by atoms with Gasteiger partial charge in [-0.3, -0.25) is 0 Å². The van der Waals surface area contributed by atoms with E-state index in [1.807, 2.05) is 45.0 Å². The van der Waals surface area contributed by atoms with E-state index in [1.165, 1.54) is 0 Å². The fourth-order valence-corrected chi connectivity index (χ4v) is 2.10. The van der Waals surface area contributed by atoms with Crippen LogP contribution >= 0.6 is 0 Å². The summed E-state index contributed by atoms with van der Waals surface area (Å²) in [5.74, 6) is 1.79. The molecule has 0 aromatic heterocycles. The largest absolute Gasteiger partial charge is 0.493 e. The number of ether oxygens (including phenoxy) is 3. The van der Waals surface area contributed by atoms with Gasteiger partial charge in [-0.1, -0.05) is 12.1 Å². The van der Waals surface area contributed by atoms with Gasteiger partial charge in [-0.25, -0.2) is 4.79 Å². The average molecular weight is 293 g/mol. The minimum absolute atomic E-state index is 0.254. The quantitative estimate of drug-likeness (QED) is 0.856. The molecule has 1 aromatic rings. The Morgan fingerprint density at radius 3 is 2.43 bits per heavy atom. The highest BCUT2D eigenvalue weighted by molar-refractivity contribution is 5.69. The van der Waals surface area contributed by atoms with Gasteiger partial charge in [-0.05, 0) is 32.9 Å². The molecule has 0 unspecified atom stereocenters. The number of methoxy groups -OCH3 is 1. The molecule has 0 bridgehead atoms. The fraction of sp³-hybridized carbons (Fsp3) is 0.562. The molecule has 0 atom stereocenters. The Labute approximate surface area is 125 Å². The van der Waals surface area contributed by atoms with Crippen LogP contribution in [-0.2, 0) is 4.74 Å². The van der Waals surface area contributed by atoms with Crippen molar-refractivity contribution in [2.24, 2.45) is 5.92 Å². The van der Waals surface area contributed by atoms with E-state index in [-0.39, 0.29) is 6.09 Å². The first-order valence-corrected chi connectivity index (χ1v) is 7.13. The molecule has 2 rings (SSSR count). The van der Waals surface area contributed by atoms with Crippen LogP contribution < -0.4 is 9.47 Å². The van der Waals surface area contributed by atoms with Crippen LogP contribution in [0.1, 0.15) is 20.8 Å². The Kier molecular flexibility index (Phi) is 4.60. The minimum atomic E-state index is -0.448. The van der Waals surface area contributed by atoms with Crippen molar-refractivity contribution >= 4 is 6.09 Å². The van der Waals surface area contributed by atoms with Crippen molar-refractivity contribution in [1.82, 2.24) is 4.90 Å². The molecule has 1 amide bonds. The van der Waals surface area contributed by atoms with E-state index in [4.69, 9.17) is 14.2 Å². The van der Waals surface area contributed by atoms with Gasteiger partial charge in [0.1, 0.15) is 5.60 Å². The highest BCUT2D eigenvalue weighted by Crippen LogP contribution is 2.27. The maximum atomic E-state index is 11.8. The van der Waals surface area contributed by atoms with E-state index in [0.29, 0.717) is 25.6 Å². The number of carbonyl (C=O) groups is 1. The first kappa shape index (κ1) is 15.5. The van der Waals surface area contributed by atoms with E-state index in [1.54, 1.807) is 12.0 Å². The first-order valence-electron chi connectivity index (χ1n) is 7.13. The Morgan fingerprint density at radius 1 is 1.24 bits per heavy atom. The molecule has 0 aliphatic carbocycles. The maximum absolute atomic E-state index is 11.8. The number of rotatable bonds is 4. The minimum Gasteiger partial charge on any atom is -0.493 e. The van der Waals surface area contributed by atoms with Gasteiger partial charge in [0.2, 0.25) is 0 Å². The molecule has 21 heavy (non-hydrogen) atoms. The van der Waals surface area contributed by atoms with Crippen molar-refractivity contribution in [3.63, 3.8) is 0 Å². The smallest absolute Gasteiger partial charge is 0.410 e. The monoisotopic (exact) mass is 293 g/mol. The number of likely N-dealkylation sites (tertiary alicyclic amines) is 1. The van der Waals surface area contributed by atoms with Crippen LogP contribution in [0, 0.1) is 5.92 Å². The molecule has 1 aromatic carbocycles. The third kappa shape index (κ3) is 4.28. The van der Waals surface area contributed by atoms with Crippen molar-refractivity contribution in [2.75, 3.05) is 26.8 Å². The number of para-hydroxylation sites is 2. The highest BCUT2D eigenvalue weighted by Gasteiger charge is 2.34. The second-order valence-corrected chi connectivity index (χ2v) is 6.21. The lowest BCUT2D eigenvalue weighted by Crippen LogP contribution is -2.53. The summed E-state index contributed by atoms with van der Waals surface area (Å²) in [7, 11) is 1.62. The summed E-state index contributed by atoms with van der Waals surface area (Å²) in [6.45, 7) is 7.51. The molecule has 0 spiro atoms. The van der Waals surface area contributed by atoms with Crippen LogP contribution in [0.2, 0.25) is 0 Å². The zero-order chi connectivity index (χ0) is 15.5. The summed E-state index contributed by atoms with van der Waals surface area (Å²) in [5, 5.41) is 0. The summed E-state index contributed by atoms with van der Waals surface area (Å²) >= 11 is 0. The summed E-state index contributed by atoms with van der Waals surface area (Å²) in [6.07, 6.45) is -0.254. The van der Waals surface area contributed by atoms with Gasteiger partial charge in [0.25, 0.3) is 0 Å². The third-order valence-electron chi connectivity index (χ3n) is 3.15. The van der Waals surface area contributed by atoms with Gasteiger partial charge < -0.3 is 19.1 Å². The molecule has 0 radical (unpaired) electrons. The normalized spacial score (nSPS) is 15.3. The van der Waals surface area contributed by atoms with Crippen molar-refractivity contribution in [1.29, 1.82) is 0 Å². The zero-order valence-corrected chi connectivity index (χ0v) is 13.1. The standard InChI is InChI=1S/C16H23NO4/c1-16(2,3)21-15(18)17-9-12(10-17)11-20-14-8-6-5-7-13(14)19-4/h5-8,12H,9-11H2,1-4H3. The fourth-order valence-electron chi connectivity index (χ4n) is 2.10. The van der Waals surface area contributed by atoms with Gasteiger partial charge >= 0.3 is 6.09 Å². The Morgan fingerprint density at radius 2 is 1.86 bits per heavy atom. The Hall–Kier alpha value is -1.91. The van der Waals surface area contributed by atoms with Crippen LogP contribution in [0.25, 0.3) is 0 Å². The lowest BCUT2D eigenvalue weighted by Gasteiger charge is -2.39. The number of amides is 1. The van der Waals surface area contributed by atoms with Crippen LogP contribution in [0.15, 0.2) is 24.3 Å². The van der Waals surface area contributed by atoms with Gasteiger partial charge in [-0.15, -0.1) is 0 Å². The number of nitrogens with zero attached hydrogens (tertiary/aromatic N) is 1. The molecule has 0 N–H and O–H groups in total. The van der Waals surface area contributed by atoms with E-state index in [2.05, 4.69) is 0 Å². The van der Waals surface area contributed by atoms with E-state index >= 15 is 0 Å². The van der Waals surface area contributed by atoms with E-state index < -0.39 is 5.60 Å². The van der Waals surface area contributed by atoms with Crippen LogP contribution in [0.4, 0.5) is 4.79 Å². The zero-order valence-electron chi connectivity index (χ0n) is 13.1. The lowest BCUT2D eigenvalue weighted by atomic mass is 10.0. The second-order valence-electron chi connectivity index (χ2n) is 6.21. The molecular formula is C16H23NO4. The summed E-state index contributed by atoms with van der Waals surface area (Å²) < 4.78 is 16.3. The van der Waals surface area contributed by atoms with Crippen molar-refractivity contribution < 1.29 is 19.0 Å². The van der Waals surface area contributed by atoms with Gasteiger partial charge in [0.05, 0.1) is 13.7 Å². The van der Waals surface area contributed by atoms with Gasteiger partial charge in [0.15, 0.2) is 11.5 Å². The van der Waals surface area contributed by atoms with Gasteiger partial charge in [-0.2, -0.15) is 0 Å². The average Bonchev–Trinajstić information content (AvgIpc) is 2.35. The molecule has 1 fully saturated rings. The molecule has 5 heteroatoms.